The Hall–Kier alpha value is -4.13. The topological polar surface area (TPSA) is 106 Å². The van der Waals surface area contributed by atoms with Gasteiger partial charge in [0.05, 0.1) is 4.92 Å². The van der Waals surface area contributed by atoms with Crippen molar-refractivity contribution in [2.45, 2.75) is 0 Å². The molecular formula is C21H12N2O5. The maximum atomic E-state index is 12.5. The Labute approximate surface area is 158 Å². The average Bonchev–Trinajstić information content (AvgIpc) is 2.72. The van der Waals surface area contributed by atoms with Crippen molar-refractivity contribution in [1.82, 2.24) is 0 Å². The van der Waals surface area contributed by atoms with E-state index in [9.17, 15) is 24.5 Å². The van der Waals surface area contributed by atoms with Crippen molar-refractivity contribution in [1.29, 1.82) is 0 Å². The summed E-state index contributed by atoms with van der Waals surface area (Å²) in [6.07, 6.45) is 0. The Morgan fingerprint density at radius 2 is 1.39 bits per heavy atom. The zero-order valence-corrected chi connectivity index (χ0v) is 14.3. The van der Waals surface area contributed by atoms with Crippen LogP contribution in [0.4, 0.5) is 11.4 Å². The van der Waals surface area contributed by atoms with Gasteiger partial charge < -0.3 is 5.32 Å². The van der Waals surface area contributed by atoms with Crippen molar-refractivity contribution in [3.8, 4) is 11.1 Å². The third kappa shape index (κ3) is 2.75. The molecule has 7 nitrogen and oxygen atoms in total. The third-order valence-corrected chi connectivity index (χ3v) is 4.54. The number of nitro benzene ring substituents is 1. The summed E-state index contributed by atoms with van der Waals surface area (Å²) >= 11 is 0. The molecule has 0 radical (unpaired) electrons. The number of amides is 1. The van der Waals surface area contributed by atoms with Crippen LogP contribution >= 0.6 is 0 Å². The van der Waals surface area contributed by atoms with Gasteiger partial charge in [0.1, 0.15) is 5.56 Å². The molecule has 4 rings (SSSR count). The first-order chi connectivity index (χ1) is 13.5. The quantitative estimate of drug-likeness (QED) is 0.426. The van der Waals surface area contributed by atoms with Crippen LogP contribution in [0.5, 0.6) is 0 Å². The number of carbonyl (C=O) groups excluding carboxylic acids is 3. The summed E-state index contributed by atoms with van der Waals surface area (Å²) in [4.78, 5) is 47.8. The van der Waals surface area contributed by atoms with Gasteiger partial charge in [-0.3, -0.25) is 24.5 Å². The minimum absolute atomic E-state index is 0.0991. The van der Waals surface area contributed by atoms with Gasteiger partial charge in [-0.15, -0.1) is 0 Å². The van der Waals surface area contributed by atoms with Gasteiger partial charge in [-0.05, 0) is 29.3 Å². The molecule has 0 bridgehead atoms. The highest BCUT2D eigenvalue weighted by atomic mass is 16.6. The van der Waals surface area contributed by atoms with Gasteiger partial charge in [0.2, 0.25) is 11.6 Å². The van der Waals surface area contributed by atoms with Crippen LogP contribution in [0, 0.1) is 10.1 Å². The zero-order valence-electron chi connectivity index (χ0n) is 14.3. The van der Waals surface area contributed by atoms with E-state index in [1.54, 1.807) is 36.4 Å². The molecule has 7 heteroatoms. The van der Waals surface area contributed by atoms with Crippen molar-refractivity contribution in [3.05, 3.63) is 93.5 Å². The number of anilines is 1. The number of hydrogen-bond donors (Lipinski definition) is 1. The summed E-state index contributed by atoms with van der Waals surface area (Å²) in [5.74, 6) is -1.94. The first-order valence-corrected chi connectivity index (χ1v) is 8.34. The average molecular weight is 372 g/mol. The molecule has 0 heterocycles. The molecule has 1 amide bonds. The van der Waals surface area contributed by atoms with E-state index >= 15 is 0 Å². The van der Waals surface area contributed by atoms with Crippen LogP contribution in [0.3, 0.4) is 0 Å². The van der Waals surface area contributed by atoms with Crippen LogP contribution in [0.25, 0.3) is 11.1 Å². The number of Topliss-reactive ketones (excluding diaryl/α,β-unsaturated/α-hetero) is 2. The van der Waals surface area contributed by atoms with Gasteiger partial charge in [-0.25, -0.2) is 0 Å². The molecule has 0 spiro atoms. The Bertz CT molecular complexity index is 1180. The Balaban J connectivity index is 1.72. The molecule has 3 aromatic carbocycles. The number of nitro groups is 1. The highest BCUT2D eigenvalue weighted by Gasteiger charge is 2.30. The number of fused-ring (bicyclic) bond motifs is 3. The van der Waals surface area contributed by atoms with Crippen molar-refractivity contribution in [2.75, 3.05) is 5.32 Å². The largest absolute Gasteiger partial charge is 0.322 e. The Morgan fingerprint density at radius 1 is 0.786 bits per heavy atom. The summed E-state index contributed by atoms with van der Waals surface area (Å²) in [6, 6.07) is 17.0. The van der Waals surface area contributed by atoms with Crippen LogP contribution in [-0.4, -0.2) is 22.4 Å². The van der Waals surface area contributed by atoms with Crippen molar-refractivity contribution in [3.63, 3.8) is 0 Å². The lowest BCUT2D eigenvalue weighted by Crippen LogP contribution is -2.21. The van der Waals surface area contributed by atoms with Crippen LogP contribution in [0.2, 0.25) is 0 Å². The van der Waals surface area contributed by atoms with Crippen LogP contribution < -0.4 is 5.32 Å². The van der Waals surface area contributed by atoms with E-state index in [4.69, 9.17) is 0 Å². The predicted octanol–water partition coefficient (Wildman–Crippen LogP) is 3.89. The van der Waals surface area contributed by atoms with E-state index in [-0.39, 0.29) is 22.5 Å². The van der Waals surface area contributed by atoms with Gasteiger partial charge in [0, 0.05) is 22.9 Å². The standard InChI is InChI=1S/C21H12N2O5/c24-19-15-6-2-1-5-13(15)14-10-9-12(11-17(14)20(19)25)22-21(26)16-7-3-4-8-18(16)23(27)28/h1-11H,(H,22,26). The van der Waals surface area contributed by atoms with E-state index in [1.165, 1.54) is 30.3 Å². The molecule has 0 aromatic heterocycles. The van der Waals surface area contributed by atoms with Crippen LogP contribution in [0.15, 0.2) is 66.7 Å². The molecule has 1 aliphatic carbocycles. The maximum absolute atomic E-state index is 12.5. The summed E-state index contributed by atoms with van der Waals surface area (Å²) in [5.41, 5.74) is 1.63. The van der Waals surface area contributed by atoms with E-state index in [2.05, 4.69) is 5.32 Å². The molecule has 1 N–H and O–H groups in total. The van der Waals surface area contributed by atoms with E-state index in [0.717, 1.165) is 0 Å². The number of nitrogens with one attached hydrogen (secondary N) is 1. The van der Waals surface area contributed by atoms with Gasteiger partial charge in [-0.2, -0.15) is 0 Å². The second-order valence-corrected chi connectivity index (χ2v) is 6.19. The number of hydrogen-bond acceptors (Lipinski definition) is 5. The van der Waals surface area contributed by atoms with Crippen molar-refractivity contribution >= 4 is 28.8 Å². The predicted molar refractivity (Wildman–Crippen MR) is 102 cm³/mol. The molecule has 28 heavy (non-hydrogen) atoms. The van der Waals surface area contributed by atoms with Crippen LogP contribution in [-0.2, 0) is 0 Å². The van der Waals surface area contributed by atoms with Gasteiger partial charge >= 0.3 is 0 Å². The Morgan fingerprint density at radius 3 is 2.14 bits per heavy atom. The first-order valence-electron chi connectivity index (χ1n) is 8.34. The van der Waals surface area contributed by atoms with Gasteiger partial charge in [0.15, 0.2) is 0 Å². The number of rotatable bonds is 3. The van der Waals surface area contributed by atoms with E-state index in [1.807, 2.05) is 0 Å². The highest BCUT2D eigenvalue weighted by Crippen LogP contribution is 2.35. The Kier molecular flexibility index (Phi) is 4.04. The second kappa shape index (κ2) is 6.55. The number of para-hydroxylation sites is 1. The smallest absolute Gasteiger partial charge is 0.282 e. The second-order valence-electron chi connectivity index (χ2n) is 6.19. The molecule has 0 unspecified atom stereocenters. The molecule has 136 valence electrons. The number of carbonyl (C=O) groups is 3. The number of benzene rings is 3. The molecule has 0 atom stereocenters. The fraction of sp³-hybridized carbons (Fsp3) is 0. The fourth-order valence-corrected chi connectivity index (χ4v) is 3.23. The van der Waals surface area contributed by atoms with Crippen LogP contribution in [0.1, 0.15) is 31.1 Å². The lowest BCUT2D eigenvalue weighted by molar-refractivity contribution is -0.385. The molecule has 0 saturated carbocycles. The first kappa shape index (κ1) is 17.3. The monoisotopic (exact) mass is 372 g/mol. The van der Waals surface area contributed by atoms with E-state index < -0.39 is 22.4 Å². The van der Waals surface area contributed by atoms with Gasteiger partial charge in [0.25, 0.3) is 11.6 Å². The van der Waals surface area contributed by atoms with Crippen molar-refractivity contribution in [2.24, 2.45) is 0 Å². The molecule has 0 fully saturated rings. The minimum atomic E-state index is -0.678. The molecular weight excluding hydrogens is 360 g/mol. The summed E-state index contributed by atoms with van der Waals surface area (Å²) in [5, 5.41) is 13.7. The van der Waals surface area contributed by atoms with Gasteiger partial charge in [-0.1, -0.05) is 42.5 Å². The fourth-order valence-electron chi connectivity index (χ4n) is 3.23. The normalized spacial score (nSPS) is 12.1. The summed E-state index contributed by atoms with van der Waals surface area (Å²) in [7, 11) is 0. The lowest BCUT2D eigenvalue weighted by atomic mass is 9.84. The van der Waals surface area contributed by atoms with Crippen molar-refractivity contribution < 1.29 is 19.3 Å². The lowest BCUT2D eigenvalue weighted by Gasteiger charge is -2.18. The molecule has 0 aliphatic heterocycles. The number of ketones is 2. The maximum Gasteiger partial charge on any atom is 0.282 e. The number of nitrogens with zero attached hydrogens (tertiary/aromatic N) is 1. The molecule has 1 aliphatic rings. The highest BCUT2D eigenvalue weighted by molar-refractivity contribution is 6.53. The minimum Gasteiger partial charge on any atom is -0.322 e. The molecule has 0 saturated heterocycles. The zero-order chi connectivity index (χ0) is 19.8. The summed E-state index contributed by atoms with van der Waals surface area (Å²) < 4.78 is 0. The third-order valence-electron chi connectivity index (χ3n) is 4.54. The SMILES string of the molecule is O=C1C(=O)c2cc(NC(=O)c3ccccc3[N+](=O)[O-])ccc2-c2ccccc21. The molecule has 3 aromatic rings. The van der Waals surface area contributed by atoms with E-state index in [0.29, 0.717) is 16.7 Å². The summed E-state index contributed by atoms with van der Waals surface area (Å²) in [6.45, 7) is 0.